The van der Waals surface area contributed by atoms with E-state index in [1.54, 1.807) is 0 Å². The van der Waals surface area contributed by atoms with Crippen LogP contribution >= 0.6 is 11.3 Å². The molecule has 0 atom stereocenters. The van der Waals surface area contributed by atoms with Crippen molar-refractivity contribution in [3.05, 3.63) is 64.5 Å². The van der Waals surface area contributed by atoms with Crippen molar-refractivity contribution in [3.8, 4) is 11.3 Å². The molecule has 0 aliphatic carbocycles. The van der Waals surface area contributed by atoms with E-state index in [4.69, 9.17) is 0 Å². The summed E-state index contributed by atoms with van der Waals surface area (Å²) in [5.41, 5.74) is 4.47. The molecule has 2 amide bonds. The summed E-state index contributed by atoms with van der Waals surface area (Å²) >= 11 is 1.46. The molecule has 5 nitrogen and oxygen atoms in total. The molecule has 0 bridgehead atoms. The highest BCUT2D eigenvalue weighted by Gasteiger charge is 2.11. The Morgan fingerprint density at radius 1 is 0.964 bits per heavy atom. The molecule has 0 aliphatic rings. The SMILES string of the molecule is Cc1ccc(NC(=O)Cc2nc(-c3ccc(NC(=O)C(C)C)cc3)cs2)cc1. The highest BCUT2D eigenvalue weighted by atomic mass is 32.1. The van der Waals surface area contributed by atoms with Crippen molar-refractivity contribution >= 4 is 34.5 Å². The van der Waals surface area contributed by atoms with Gasteiger partial charge in [0.25, 0.3) is 0 Å². The second-order valence-corrected chi connectivity index (χ2v) is 7.88. The van der Waals surface area contributed by atoms with Crippen molar-refractivity contribution in [1.29, 1.82) is 0 Å². The monoisotopic (exact) mass is 393 g/mol. The Morgan fingerprint density at radius 3 is 2.21 bits per heavy atom. The van der Waals surface area contributed by atoms with Crippen LogP contribution in [-0.4, -0.2) is 16.8 Å². The van der Waals surface area contributed by atoms with Gasteiger partial charge in [0, 0.05) is 28.2 Å². The Kier molecular flexibility index (Phi) is 6.21. The zero-order chi connectivity index (χ0) is 20.1. The largest absolute Gasteiger partial charge is 0.326 e. The van der Waals surface area contributed by atoms with E-state index >= 15 is 0 Å². The minimum Gasteiger partial charge on any atom is -0.326 e. The molecule has 28 heavy (non-hydrogen) atoms. The van der Waals surface area contributed by atoms with Crippen molar-refractivity contribution in [3.63, 3.8) is 0 Å². The summed E-state index contributed by atoms with van der Waals surface area (Å²) in [6.45, 7) is 5.72. The van der Waals surface area contributed by atoms with Gasteiger partial charge >= 0.3 is 0 Å². The summed E-state index contributed by atoms with van der Waals surface area (Å²) in [6, 6.07) is 15.3. The van der Waals surface area contributed by atoms with Crippen LogP contribution < -0.4 is 10.6 Å². The summed E-state index contributed by atoms with van der Waals surface area (Å²) in [5, 5.41) is 8.46. The highest BCUT2D eigenvalue weighted by molar-refractivity contribution is 7.10. The maximum Gasteiger partial charge on any atom is 0.231 e. The van der Waals surface area contributed by atoms with Crippen LogP contribution in [0.3, 0.4) is 0 Å². The van der Waals surface area contributed by atoms with Gasteiger partial charge in [-0.2, -0.15) is 0 Å². The van der Waals surface area contributed by atoms with E-state index < -0.39 is 0 Å². The minimum absolute atomic E-state index is 0.0108. The second kappa shape index (κ2) is 8.80. The van der Waals surface area contributed by atoms with Crippen LogP contribution in [0.15, 0.2) is 53.9 Å². The molecule has 0 saturated heterocycles. The maximum absolute atomic E-state index is 12.2. The molecule has 0 fully saturated rings. The first-order valence-electron chi connectivity index (χ1n) is 9.13. The molecule has 144 valence electrons. The lowest BCUT2D eigenvalue weighted by Crippen LogP contribution is -2.17. The van der Waals surface area contributed by atoms with E-state index in [1.807, 2.05) is 74.7 Å². The molecule has 0 saturated carbocycles. The van der Waals surface area contributed by atoms with Crippen LogP contribution in [0.25, 0.3) is 11.3 Å². The van der Waals surface area contributed by atoms with Gasteiger partial charge in [-0.3, -0.25) is 9.59 Å². The number of rotatable bonds is 6. The molecule has 1 heterocycles. The van der Waals surface area contributed by atoms with Crippen molar-refractivity contribution < 1.29 is 9.59 Å². The Morgan fingerprint density at radius 2 is 1.57 bits per heavy atom. The van der Waals surface area contributed by atoms with E-state index in [-0.39, 0.29) is 24.2 Å². The number of thiazole rings is 1. The van der Waals surface area contributed by atoms with Crippen LogP contribution in [-0.2, 0) is 16.0 Å². The molecule has 6 heteroatoms. The highest BCUT2D eigenvalue weighted by Crippen LogP contribution is 2.24. The zero-order valence-electron chi connectivity index (χ0n) is 16.2. The minimum atomic E-state index is -0.0866. The van der Waals surface area contributed by atoms with Gasteiger partial charge in [-0.15, -0.1) is 11.3 Å². The second-order valence-electron chi connectivity index (χ2n) is 6.94. The zero-order valence-corrected chi connectivity index (χ0v) is 17.0. The molecular weight excluding hydrogens is 370 g/mol. The Balaban J connectivity index is 1.61. The average molecular weight is 394 g/mol. The first kappa shape index (κ1) is 19.8. The predicted octanol–water partition coefficient (Wildman–Crippen LogP) is 4.89. The molecule has 0 aliphatic heterocycles. The topological polar surface area (TPSA) is 71.1 Å². The lowest BCUT2D eigenvalue weighted by atomic mass is 10.1. The summed E-state index contributed by atoms with van der Waals surface area (Å²) in [7, 11) is 0. The van der Waals surface area contributed by atoms with Gasteiger partial charge in [0.2, 0.25) is 11.8 Å². The van der Waals surface area contributed by atoms with Gasteiger partial charge in [0.1, 0.15) is 5.01 Å². The lowest BCUT2D eigenvalue weighted by molar-refractivity contribution is -0.119. The Bertz CT molecular complexity index is 960. The predicted molar refractivity (Wildman–Crippen MR) is 115 cm³/mol. The van der Waals surface area contributed by atoms with Crippen molar-refractivity contribution in [2.24, 2.45) is 5.92 Å². The third-order valence-corrected chi connectivity index (χ3v) is 5.02. The van der Waals surface area contributed by atoms with E-state index in [0.717, 1.165) is 33.2 Å². The molecule has 1 aromatic heterocycles. The van der Waals surface area contributed by atoms with E-state index in [1.165, 1.54) is 11.3 Å². The lowest BCUT2D eigenvalue weighted by Gasteiger charge is -2.07. The molecule has 3 aromatic rings. The van der Waals surface area contributed by atoms with Crippen LogP contribution in [0.2, 0.25) is 0 Å². The summed E-state index contributed by atoms with van der Waals surface area (Å²) < 4.78 is 0. The van der Waals surface area contributed by atoms with Crippen molar-refractivity contribution in [2.45, 2.75) is 27.2 Å². The van der Waals surface area contributed by atoms with Gasteiger partial charge in [-0.05, 0) is 31.2 Å². The van der Waals surface area contributed by atoms with E-state index in [0.29, 0.717) is 0 Å². The van der Waals surface area contributed by atoms with E-state index in [9.17, 15) is 9.59 Å². The average Bonchev–Trinajstić information content (AvgIpc) is 3.12. The number of aryl methyl sites for hydroxylation is 1. The quantitative estimate of drug-likeness (QED) is 0.626. The molecule has 0 spiro atoms. The number of nitrogens with zero attached hydrogens (tertiary/aromatic N) is 1. The summed E-state index contributed by atoms with van der Waals surface area (Å²) in [4.78, 5) is 28.6. The Labute approximate surface area is 168 Å². The van der Waals surface area contributed by atoms with Gasteiger partial charge in [-0.1, -0.05) is 43.7 Å². The van der Waals surface area contributed by atoms with Crippen LogP contribution in [0, 0.1) is 12.8 Å². The number of amides is 2. The number of carbonyl (C=O) groups excluding carboxylic acids is 2. The van der Waals surface area contributed by atoms with Crippen molar-refractivity contribution in [2.75, 3.05) is 10.6 Å². The van der Waals surface area contributed by atoms with Gasteiger partial charge in [0.15, 0.2) is 0 Å². The number of aromatic nitrogens is 1. The third-order valence-electron chi connectivity index (χ3n) is 4.17. The first-order valence-corrected chi connectivity index (χ1v) is 10.0. The standard InChI is InChI=1S/C22H23N3O2S/c1-14(2)22(27)24-18-10-6-16(7-11-18)19-13-28-21(25-19)12-20(26)23-17-8-4-15(3)5-9-17/h4-11,13-14H,12H2,1-3H3,(H,23,26)(H,24,27). The van der Waals surface area contributed by atoms with Gasteiger partial charge < -0.3 is 10.6 Å². The van der Waals surface area contributed by atoms with Crippen LogP contribution in [0.1, 0.15) is 24.4 Å². The molecule has 2 N–H and O–H groups in total. The first-order chi connectivity index (χ1) is 13.4. The van der Waals surface area contributed by atoms with Crippen molar-refractivity contribution in [1.82, 2.24) is 4.98 Å². The smallest absolute Gasteiger partial charge is 0.231 e. The molecule has 3 rings (SSSR count). The number of hydrogen-bond donors (Lipinski definition) is 2. The molecule has 0 radical (unpaired) electrons. The fraction of sp³-hybridized carbons (Fsp3) is 0.227. The van der Waals surface area contributed by atoms with Crippen LogP contribution in [0.5, 0.6) is 0 Å². The van der Waals surface area contributed by atoms with E-state index in [2.05, 4.69) is 15.6 Å². The number of carbonyl (C=O) groups is 2. The summed E-state index contributed by atoms with van der Waals surface area (Å²) in [6.07, 6.45) is 0.237. The molecule has 0 unspecified atom stereocenters. The van der Waals surface area contributed by atoms with Gasteiger partial charge in [0.05, 0.1) is 12.1 Å². The molecule has 2 aromatic carbocycles. The summed E-state index contributed by atoms with van der Waals surface area (Å²) in [5.74, 6) is -0.161. The maximum atomic E-state index is 12.2. The fourth-order valence-corrected chi connectivity index (χ4v) is 3.32. The number of nitrogens with one attached hydrogen (secondary N) is 2. The third kappa shape index (κ3) is 5.27. The number of hydrogen-bond acceptors (Lipinski definition) is 4. The fourth-order valence-electron chi connectivity index (χ4n) is 2.52. The van der Waals surface area contributed by atoms with Gasteiger partial charge in [-0.25, -0.2) is 4.98 Å². The Hall–Kier alpha value is -2.99. The molecular formula is C22H23N3O2S. The number of anilines is 2. The number of benzene rings is 2. The van der Waals surface area contributed by atoms with Crippen LogP contribution in [0.4, 0.5) is 11.4 Å². The normalized spacial score (nSPS) is 10.7.